The average Bonchev–Trinajstić information content (AvgIpc) is 2.69. The third-order valence-corrected chi connectivity index (χ3v) is 5.35. The molecule has 0 spiro atoms. The molecule has 1 N–H and O–H groups in total. The SMILES string of the molecule is COC(=O)C1=C(C(F)(F)F)NC(C)=C(C(=O)OCCCCBr)C1c1ccccc1Cl. The van der Waals surface area contributed by atoms with Crippen molar-refractivity contribution >= 4 is 39.5 Å². The summed E-state index contributed by atoms with van der Waals surface area (Å²) in [7, 11) is 0.969. The number of benzene rings is 1. The molecule has 0 aliphatic carbocycles. The van der Waals surface area contributed by atoms with E-state index in [9.17, 15) is 22.8 Å². The van der Waals surface area contributed by atoms with Crippen LogP contribution in [0.2, 0.25) is 5.02 Å². The fourth-order valence-electron chi connectivity index (χ4n) is 3.11. The van der Waals surface area contributed by atoms with Gasteiger partial charge in [0.2, 0.25) is 0 Å². The molecule has 0 saturated heterocycles. The number of ether oxygens (including phenoxy) is 2. The number of methoxy groups -OCH3 is 1. The molecule has 10 heteroatoms. The Morgan fingerprint density at radius 2 is 1.83 bits per heavy atom. The molecule has 1 aliphatic heterocycles. The molecule has 1 heterocycles. The summed E-state index contributed by atoms with van der Waals surface area (Å²) in [4.78, 5) is 25.3. The zero-order chi connectivity index (χ0) is 22.5. The lowest BCUT2D eigenvalue weighted by Crippen LogP contribution is -2.38. The van der Waals surface area contributed by atoms with Gasteiger partial charge in [-0.05, 0) is 31.4 Å². The molecule has 164 valence electrons. The first-order valence-corrected chi connectivity index (χ1v) is 10.5. The van der Waals surface area contributed by atoms with Crippen molar-refractivity contribution in [3.05, 3.63) is 57.4 Å². The number of hydrogen-bond acceptors (Lipinski definition) is 5. The number of hydrogen-bond donors (Lipinski definition) is 1. The van der Waals surface area contributed by atoms with Gasteiger partial charge in [-0.25, -0.2) is 9.59 Å². The predicted octanol–water partition coefficient (Wildman–Crippen LogP) is 5.01. The van der Waals surface area contributed by atoms with Crippen LogP contribution in [0.15, 0.2) is 46.8 Å². The molecule has 0 saturated carbocycles. The summed E-state index contributed by atoms with van der Waals surface area (Å²) in [6, 6.07) is 6.07. The Hall–Kier alpha value is -2.00. The van der Waals surface area contributed by atoms with Crippen LogP contribution in [-0.2, 0) is 19.1 Å². The molecule has 0 aromatic heterocycles. The Kier molecular flexibility index (Phi) is 8.37. The third kappa shape index (κ3) is 5.37. The third-order valence-electron chi connectivity index (χ3n) is 4.45. The molecule has 0 radical (unpaired) electrons. The van der Waals surface area contributed by atoms with E-state index < -0.39 is 35.3 Å². The maximum absolute atomic E-state index is 13.8. The minimum Gasteiger partial charge on any atom is -0.466 e. The highest BCUT2D eigenvalue weighted by molar-refractivity contribution is 9.09. The fourth-order valence-corrected chi connectivity index (χ4v) is 3.75. The van der Waals surface area contributed by atoms with Crippen molar-refractivity contribution < 1.29 is 32.2 Å². The molecule has 1 aromatic carbocycles. The van der Waals surface area contributed by atoms with E-state index in [2.05, 4.69) is 26.0 Å². The van der Waals surface area contributed by atoms with Gasteiger partial charge in [0.05, 0.1) is 30.8 Å². The van der Waals surface area contributed by atoms with Crippen molar-refractivity contribution in [3.63, 3.8) is 0 Å². The fraction of sp³-hybridized carbons (Fsp3) is 0.400. The number of carbonyl (C=O) groups is 2. The molecule has 0 bridgehead atoms. The molecule has 0 fully saturated rings. The number of esters is 2. The lowest BCUT2D eigenvalue weighted by atomic mass is 9.80. The maximum Gasteiger partial charge on any atom is 0.431 e. The standard InChI is InChI=1S/C20H20BrClF3NO4/c1-11-14(19(28)30-10-6-5-9-21)15(12-7-3-4-8-13(12)22)16(18(27)29-2)17(26-11)20(23,24)25/h3-4,7-8,15,26H,5-6,9-10H2,1-2H3. The van der Waals surface area contributed by atoms with Crippen LogP contribution >= 0.6 is 27.5 Å². The van der Waals surface area contributed by atoms with Gasteiger partial charge < -0.3 is 14.8 Å². The van der Waals surface area contributed by atoms with E-state index in [0.29, 0.717) is 6.42 Å². The van der Waals surface area contributed by atoms with Crippen molar-refractivity contribution in [1.29, 1.82) is 0 Å². The van der Waals surface area contributed by atoms with Gasteiger partial charge in [0.1, 0.15) is 5.70 Å². The minimum absolute atomic E-state index is 0.0783. The van der Waals surface area contributed by atoms with Gasteiger partial charge in [-0.15, -0.1) is 0 Å². The Morgan fingerprint density at radius 1 is 1.17 bits per heavy atom. The number of unbranched alkanes of at least 4 members (excludes halogenated alkanes) is 1. The number of rotatable bonds is 7. The van der Waals surface area contributed by atoms with Gasteiger partial charge in [0.25, 0.3) is 0 Å². The number of dihydropyridines is 1. The van der Waals surface area contributed by atoms with E-state index in [1.807, 2.05) is 0 Å². The molecular weight excluding hydrogens is 491 g/mol. The van der Waals surface area contributed by atoms with Crippen LogP contribution in [0.1, 0.15) is 31.2 Å². The summed E-state index contributed by atoms with van der Waals surface area (Å²) in [5, 5.41) is 2.98. The van der Waals surface area contributed by atoms with Gasteiger partial charge in [-0.2, -0.15) is 13.2 Å². The molecule has 2 rings (SSSR count). The molecule has 1 aromatic rings. The average molecular weight is 511 g/mol. The minimum atomic E-state index is -4.89. The van der Waals surface area contributed by atoms with Gasteiger partial charge in [0, 0.05) is 16.0 Å². The smallest absolute Gasteiger partial charge is 0.431 e. The van der Waals surface area contributed by atoms with Crippen LogP contribution in [0, 0.1) is 0 Å². The lowest BCUT2D eigenvalue weighted by molar-refractivity contribution is -0.140. The second kappa shape index (κ2) is 10.3. The number of halogens is 5. The van der Waals surface area contributed by atoms with Gasteiger partial charge in [-0.1, -0.05) is 45.7 Å². The molecule has 0 amide bonds. The van der Waals surface area contributed by atoms with E-state index in [-0.39, 0.29) is 28.5 Å². The highest BCUT2D eigenvalue weighted by Crippen LogP contribution is 2.45. The zero-order valence-corrected chi connectivity index (χ0v) is 18.6. The van der Waals surface area contributed by atoms with E-state index in [0.717, 1.165) is 18.9 Å². The van der Waals surface area contributed by atoms with Crippen LogP contribution in [0.25, 0.3) is 0 Å². The highest BCUT2D eigenvalue weighted by atomic mass is 79.9. The second-order valence-electron chi connectivity index (χ2n) is 6.43. The Labute approximate surface area is 185 Å². The quantitative estimate of drug-likeness (QED) is 0.317. The monoisotopic (exact) mass is 509 g/mol. The predicted molar refractivity (Wildman–Crippen MR) is 109 cm³/mol. The lowest BCUT2D eigenvalue weighted by Gasteiger charge is -2.32. The molecule has 5 nitrogen and oxygen atoms in total. The Balaban J connectivity index is 2.65. The van der Waals surface area contributed by atoms with Crippen LogP contribution in [-0.4, -0.2) is 37.2 Å². The Bertz CT molecular complexity index is 883. The highest BCUT2D eigenvalue weighted by Gasteiger charge is 2.47. The molecule has 1 aliphatic rings. The first-order chi connectivity index (χ1) is 14.1. The van der Waals surface area contributed by atoms with E-state index in [1.165, 1.54) is 19.1 Å². The van der Waals surface area contributed by atoms with Gasteiger partial charge in [-0.3, -0.25) is 0 Å². The first kappa shape index (κ1) is 24.3. The van der Waals surface area contributed by atoms with Crippen molar-refractivity contribution in [3.8, 4) is 0 Å². The van der Waals surface area contributed by atoms with Gasteiger partial charge >= 0.3 is 18.1 Å². The van der Waals surface area contributed by atoms with E-state index >= 15 is 0 Å². The second-order valence-corrected chi connectivity index (χ2v) is 7.63. The van der Waals surface area contributed by atoms with Crippen molar-refractivity contribution in [2.75, 3.05) is 19.0 Å². The van der Waals surface area contributed by atoms with Crippen LogP contribution in [0.3, 0.4) is 0 Å². The summed E-state index contributed by atoms with van der Waals surface area (Å²) in [5.41, 5.74) is -2.10. The largest absolute Gasteiger partial charge is 0.466 e. The summed E-state index contributed by atoms with van der Waals surface area (Å²) in [6.45, 7) is 1.40. The van der Waals surface area contributed by atoms with Crippen LogP contribution in [0.4, 0.5) is 13.2 Å². The topological polar surface area (TPSA) is 64.6 Å². The number of nitrogens with one attached hydrogen (secondary N) is 1. The first-order valence-electron chi connectivity index (χ1n) is 8.98. The van der Waals surface area contributed by atoms with Crippen LogP contribution < -0.4 is 5.32 Å². The van der Waals surface area contributed by atoms with Crippen molar-refractivity contribution in [2.24, 2.45) is 0 Å². The summed E-state index contributed by atoms with van der Waals surface area (Å²) < 4.78 is 51.2. The number of alkyl halides is 4. The molecule has 30 heavy (non-hydrogen) atoms. The van der Waals surface area contributed by atoms with Crippen molar-refractivity contribution in [2.45, 2.75) is 31.9 Å². The zero-order valence-electron chi connectivity index (χ0n) is 16.2. The van der Waals surface area contributed by atoms with E-state index in [1.54, 1.807) is 12.1 Å². The summed E-state index contributed by atoms with van der Waals surface area (Å²) in [5.74, 6) is -3.47. The molecule has 1 unspecified atom stereocenters. The Morgan fingerprint density at radius 3 is 2.40 bits per heavy atom. The molecule has 1 atom stereocenters. The van der Waals surface area contributed by atoms with Crippen LogP contribution in [0.5, 0.6) is 0 Å². The number of carbonyl (C=O) groups excluding carboxylic acids is 2. The normalized spacial score (nSPS) is 17.0. The molecular formula is C20H20BrClF3NO4. The maximum atomic E-state index is 13.8. The van der Waals surface area contributed by atoms with Crippen molar-refractivity contribution in [1.82, 2.24) is 5.32 Å². The summed E-state index contributed by atoms with van der Waals surface area (Å²) in [6.07, 6.45) is -3.57. The van der Waals surface area contributed by atoms with Gasteiger partial charge in [0.15, 0.2) is 0 Å². The van der Waals surface area contributed by atoms with E-state index in [4.69, 9.17) is 16.3 Å². The number of allylic oxidation sites excluding steroid dienone is 2. The summed E-state index contributed by atoms with van der Waals surface area (Å²) >= 11 is 9.51.